The summed E-state index contributed by atoms with van der Waals surface area (Å²) in [5, 5.41) is 2.07. The minimum absolute atomic E-state index is 0.0294. The molecule has 112 valence electrons. The van der Waals surface area contributed by atoms with Crippen LogP contribution in [0.25, 0.3) is 0 Å². The number of hydrogen-bond donors (Lipinski definition) is 2. The molecule has 0 aromatic heterocycles. The average molecular weight is 323 g/mol. The van der Waals surface area contributed by atoms with Gasteiger partial charge in [-0.1, -0.05) is 11.6 Å². The van der Waals surface area contributed by atoms with E-state index >= 15 is 0 Å². The third kappa shape index (κ3) is 3.36. The first kappa shape index (κ1) is 15.4. The molecule has 0 aliphatic carbocycles. The molecule has 2 rings (SSSR count). The summed E-state index contributed by atoms with van der Waals surface area (Å²) in [6, 6.07) is 3.78. The van der Waals surface area contributed by atoms with Crippen molar-refractivity contribution in [3.8, 4) is 0 Å². The summed E-state index contributed by atoms with van der Waals surface area (Å²) in [4.78, 5) is 0. The summed E-state index contributed by atoms with van der Waals surface area (Å²) in [5.41, 5.74) is 3.92. The molecule has 0 heterocycles. The molecule has 0 atom stereocenters. The Kier molecular flexibility index (Phi) is 3.95. The number of benzene rings is 2. The Balaban J connectivity index is 2.42. The number of nitrogens with one attached hydrogen (secondary N) is 1. The maximum absolute atomic E-state index is 13.6. The number of hydrogen-bond acceptors (Lipinski definition) is 2. The van der Waals surface area contributed by atoms with Crippen LogP contribution < -0.4 is 11.1 Å². The second-order valence-electron chi connectivity index (χ2n) is 4.17. The van der Waals surface area contributed by atoms with Gasteiger partial charge in [-0.15, -0.1) is 0 Å². The lowest BCUT2D eigenvalue weighted by Crippen LogP contribution is -2.07. The minimum atomic E-state index is -4.62. The number of anilines is 3. The quantitative estimate of drug-likeness (QED) is 0.605. The standard InChI is InChI=1S/C13H8ClF5N2/c14-7-4-10(20)12(5-9(7)16)21-11-3-6(13(17,18)19)1-2-8(11)15/h1-5,21H,20H2. The zero-order valence-corrected chi connectivity index (χ0v) is 11.0. The van der Waals surface area contributed by atoms with Crippen LogP contribution in [0.4, 0.5) is 39.0 Å². The van der Waals surface area contributed by atoms with E-state index in [0.717, 1.165) is 12.1 Å². The van der Waals surface area contributed by atoms with Gasteiger partial charge in [0, 0.05) is 6.07 Å². The van der Waals surface area contributed by atoms with Crippen molar-refractivity contribution in [1.82, 2.24) is 0 Å². The van der Waals surface area contributed by atoms with Crippen LogP contribution in [0.1, 0.15) is 5.56 Å². The molecule has 0 radical (unpaired) electrons. The highest BCUT2D eigenvalue weighted by Crippen LogP contribution is 2.34. The van der Waals surface area contributed by atoms with E-state index in [1.165, 1.54) is 0 Å². The van der Waals surface area contributed by atoms with Crippen LogP contribution in [-0.4, -0.2) is 0 Å². The maximum atomic E-state index is 13.6. The van der Waals surface area contributed by atoms with Crippen molar-refractivity contribution in [2.24, 2.45) is 0 Å². The summed E-state index contributed by atoms with van der Waals surface area (Å²) in [6.45, 7) is 0. The zero-order valence-electron chi connectivity index (χ0n) is 10.2. The monoisotopic (exact) mass is 322 g/mol. The molecule has 0 fully saturated rings. The van der Waals surface area contributed by atoms with E-state index in [0.29, 0.717) is 18.2 Å². The Morgan fingerprint density at radius 1 is 0.952 bits per heavy atom. The summed E-state index contributed by atoms with van der Waals surface area (Å²) in [7, 11) is 0. The first-order chi connectivity index (χ1) is 9.68. The lowest BCUT2D eigenvalue weighted by molar-refractivity contribution is -0.137. The first-order valence-corrected chi connectivity index (χ1v) is 5.94. The molecule has 0 aliphatic rings. The van der Waals surface area contributed by atoms with E-state index in [2.05, 4.69) is 5.32 Å². The molecule has 2 aromatic rings. The second kappa shape index (κ2) is 5.40. The summed E-state index contributed by atoms with van der Waals surface area (Å²) in [6.07, 6.45) is -4.62. The van der Waals surface area contributed by atoms with Crippen molar-refractivity contribution < 1.29 is 22.0 Å². The fourth-order valence-corrected chi connectivity index (χ4v) is 1.79. The van der Waals surface area contributed by atoms with Crippen LogP contribution in [0.5, 0.6) is 0 Å². The lowest BCUT2D eigenvalue weighted by atomic mass is 10.1. The van der Waals surface area contributed by atoms with E-state index in [4.69, 9.17) is 17.3 Å². The molecule has 0 saturated carbocycles. The van der Waals surface area contributed by atoms with Crippen LogP contribution in [0, 0.1) is 11.6 Å². The Morgan fingerprint density at radius 3 is 2.24 bits per heavy atom. The molecule has 3 N–H and O–H groups in total. The predicted octanol–water partition coefficient (Wildman–Crippen LogP) is 4.96. The van der Waals surface area contributed by atoms with Gasteiger partial charge in [0.25, 0.3) is 0 Å². The lowest BCUT2D eigenvalue weighted by Gasteiger charge is -2.13. The SMILES string of the molecule is Nc1cc(Cl)c(F)cc1Nc1cc(C(F)(F)F)ccc1F. The number of rotatable bonds is 2. The van der Waals surface area contributed by atoms with Crippen molar-refractivity contribution in [1.29, 1.82) is 0 Å². The molecular weight excluding hydrogens is 315 g/mol. The van der Waals surface area contributed by atoms with Gasteiger partial charge in [0.05, 0.1) is 27.6 Å². The number of nitrogens with two attached hydrogens (primary N) is 1. The molecule has 0 aliphatic heterocycles. The maximum Gasteiger partial charge on any atom is 0.416 e. The highest BCUT2D eigenvalue weighted by molar-refractivity contribution is 6.31. The smallest absolute Gasteiger partial charge is 0.397 e. The van der Waals surface area contributed by atoms with Crippen LogP contribution in [0.15, 0.2) is 30.3 Å². The van der Waals surface area contributed by atoms with Crippen LogP contribution in [0.2, 0.25) is 5.02 Å². The van der Waals surface area contributed by atoms with Gasteiger partial charge < -0.3 is 11.1 Å². The molecule has 8 heteroatoms. The highest BCUT2D eigenvalue weighted by Gasteiger charge is 2.31. The van der Waals surface area contributed by atoms with Gasteiger partial charge in [-0.3, -0.25) is 0 Å². The van der Waals surface area contributed by atoms with E-state index in [1.807, 2.05) is 0 Å². The normalized spacial score (nSPS) is 11.5. The largest absolute Gasteiger partial charge is 0.416 e. The summed E-state index contributed by atoms with van der Waals surface area (Å²) >= 11 is 5.50. The zero-order chi connectivity index (χ0) is 15.8. The van der Waals surface area contributed by atoms with Gasteiger partial charge in [0.1, 0.15) is 11.6 Å². The molecule has 0 bridgehead atoms. The van der Waals surface area contributed by atoms with Crippen molar-refractivity contribution in [3.05, 3.63) is 52.6 Å². The van der Waals surface area contributed by atoms with Gasteiger partial charge in [-0.25, -0.2) is 8.78 Å². The third-order valence-corrected chi connectivity index (χ3v) is 2.95. The Hall–Kier alpha value is -2.02. The Morgan fingerprint density at radius 2 is 1.62 bits per heavy atom. The number of nitrogen functional groups attached to an aromatic ring is 1. The molecule has 0 spiro atoms. The van der Waals surface area contributed by atoms with E-state index in [9.17, 15) is 22.0 Å². The van der Waals surface area contributed by atoms with Gasteiger partial charge in [0.15, 0.2) is 0 Å². The molecule has 21 heavy (non-hydrogen) atoms. The first-order valence-electron chi connectivity index (χ1n) is 5.57. The topological polar surface area (TPSA) is 38.0 Å². The van der Waals surface area contributed by atoms with E-state index in [1.54, 1.807) is 0 Å². The highest BCUT2D eigenvalue weighted by atomic mass is 35.5. The van der Waals surface area contributed by atoms with Crippen molar-refractivity contribution >= 4 is 28.7 Å². The minimum Gasteiger partial charge on any atom is -0.397 e. The predicted molar refractivity (Wildman–Crippen MR) is 70.5 cm³/mol. The van der Waals surface area contributed by atoms with Gasteiger partial charge in [-0.2, -0.15) is 13.2 Å². The van der Waals surface area contributed by atoms with Crippen LogP contribution in [-0.2, 0) is 6.18 Å². The molecule has 2 aromatic carbocycles. The van der Waals surface area contributed by atoms with E-state index in [-0.39, 0.29) is 16.4 Å². The molecule has 2 nitrogen and oxygen atoms in total. The molecule has 0 saturated heterocycles. The molecule has 0 unspecified atom stereocenters. The van der Waals surface area contributed by atoms with Gasteiger partial charge in [0.2, 0.25) is 0 Å². The number of halogens is 6. The van der Waals surface area contributed by atoms with Gasteiger partial charge in [-0.05, 0) is 24.3 Å². The average Bonchev–Trinajstić information content (AvgIpc) is 2.37. The number of alkyl halides is 3. The summed E-state index contributed by atoms with van der Waals surface area (Å²) in [5.74, 6) is -1.77. The van der Waals surface area contributed by atoms with Crippen molar-refractivity contribution in [2.45, 2.75) is 6.18 Å². The van der Waals surface area contributed by atoms with Crippen LogP contribution in [0.3, 0.4) is 0 Å². The Labute approximate surface area is 121 Å². The molecular formula is C13H8ClF5N2. The Bertz CT molecular complexity index is 685. The fraction of sp³-hybridized carbons (Fsp3) is 0.0769. The summed E-state index contributed by atoms with van der Waals surface area (Å²) < 4.78 is 64.6. The van der Waals surface area contributed by atoms with Crippen molar-refractivity contribution in [3.63, 3.8) is 0 Å². The van der Waals surface area contributed by atoms with Crippen LogP contribution >= 0.6 is 11.6 Å². The van der Waals surface area contributed by atoms with E-state index < -0.39 is 29.1 Å². The van der Waals surface area contributed by atoms with Gasteiger partial charge >= 0.3 is 6.18 Å². The fourth-order valence-electron chi connectivity index (χ4n) is 1.61. The van der Waals surface area contributed by atoms with Crippen molar-refractivity contribution in [2.75, 3.05) is 11.1 Å². The third-order valence-electron chi connectivity index (χ3n) is 2.66. The molecule has 0 amide bonds. The second-order valence-corrected chi connectivity index (χ2v) is 4.58.